The number of aryl methyl sites for hydroxylation is 1. The van der Waals surface area contributed by atoms with E-state index in [4.69, 9.17) is 9.73 Å². The van der Waals surface area contributed by atoms with Crippen LogP contribution >= 0.6 is 24.0 Å². The molecule has 1 aromatic carbocycles. The predicted molar refractivity (Wildman–Crippen MR) is 125 cm³/mol. The maximum atomic E-state index is 5.88. The number of piperidine rings is 1. The van der Waals surface area contributed by atoms with Crippen LogP contribution in [0.25, 0.3) is 0 Å². The van der Waals surface area contributed by atoms with Crippen molar-refractivity contribution in [3.63, 3.8) is 0 Å². The van der Waals surface area contributed by atoms with Crippen LogP contribution in [0.1, 0.15) is 31.9 Å². The smallest absolute Gasteiger partial charge is 0.194 e. The molecule has 2 unspecified atom stereocenters. The van der Waals surface area contributed by atoms with Gasteiger partial charge in [0.05, 0.1) is 18.9 Å². The van der Waals surface area contributed by atoms with Crippen molar-refractivity contribution in [3.05, 3.63) is 48.5 Å². The summed E-state index contributed by atoms with van der Waals surface area (Å²) in [4.78, 5) is 11.4. The van der Waals surface area contributed by atoms with Crippen molar-refractivity contribution in [2.75, 3.05) is 32.8 Å². The summed E-state index contributed by atoms with van der Waals surface area (Å²) in [5.41, 5.74) is 1.15. The molecule has 0 bridgehead atoms. The zero-order valence-electron chi connectivity index (χ0n) is 17.0. The lowest BCUT2D eigenvalue weighted by molar-refractivity contribution is 0.188. The quantitative estimate of drug-likeness (QED) is 0.286. The van der Waals surface area contributed by atoms with E-state index < -0.39 is 0 Å². The Labute approximate surface area is 185 Å². The Bertz CT molecular complexity index is 734. The minimum absolute atomic E-state index is 0. The van der Waals surface area contributed by atoms with E-state index >= 15 is 0 Å². The second-order valence-corrected chi connectivity index (χ2v) is 7.14. The number of halogens is 1. The number of para-hydroxylation sites is 1. The third-order valence-electron chi connectivity index (χ3n) is 5.16. The molecule has 2 aromatic rings. The number of nitrogens with zero attached hydrogens (tertiary/aromatic N) is 4. The molecule has 0 spiro atoms. The maximum Gasteiger partial charge on any atom is 0.194 e. The summed E-state index contributed by atoms with van der Waals surface area (Å²) in [5.74, 6) is 2.54. The van der Waals surface area contributed by atoms with Crippen molar-refractivity contribution in [1.82, 2.24) is 19.8 Å². The molecule has 0 amide bonds. The summed E-state index contributed by atoms with van der Waals surface area (Å²) < 4.78 is 8.11. The first-order chi connectivity index (χ1) is 13.2. The highest BCUT2D eigenvalue weighted by molar-refractivity contribution is 14.0. The zero-order chi connectivity index (χ0) is 19.1. The number of rotatable bonds is 6. The van der Waals surface area contributed by atoms with Gasteiger partial charge in [-0.25, -0.2) is 9.98 Å². The Balaban J connectivity index is 0.00000280. The molecule has 1 saturated heterocycles. The molecule has 6 nitrogen and oxygen atoms in total. The molecule has 1 aliphatic rings. The Kier molecular flexibility index (Phi) is 9.08. The first-order valence-corrected chi connectivity index (χ1v) is 9.88. The number of guanidine groups is 1. The van der Waals surface area contributed by atoms with E-state index in [-0.39, 0.29) is 24.0 Å². The van der Waals surface area contributed by atoms with Crippen LogP contribution in [0.4, 0.5) is 0 Å². The Morgan fingerprint density at radius 3 is 2.89 bits per heavy atom. The molecule has 7 heteroatoms. The number of hydrogen-bond acceptors (Lipinski definition) is 3. The molecule has 0 saturated carbocycles. The van der Waals surface area contributed by atoms with Gasteiger partial charge in [-0.3, -0.25) is 0 Å². The number of imidazole rings is 1. The number of benzene rings is 1. The Morgan fingerprint density at radius 2 is 2.18 bits per heavy atom. The molecule has 0 radical (unpaired) electrons. The van der Waals surface area contributed by atoms with Crippen molar-refractivity contribution in [1.29, 1.82) is 0 Å². The molecule has 0 aliphatic carbocycles. The van der Waals surface area contributed by atoms with E-state index in [2.05, 4.69) is 52.8 Å². The monoisotopic (exact) mass is 497 g/mol. The molecule has 2 heterocycles. The van der Waals surface area contributed by atoms with Crippen molar-refractivity contribution < 1.29 is 4.74 Å². The molecule has 154 valence electrons. The summed E-state index contributed by atoms with van der Waals surface area (Å²) in [6.07, 6.45) is 6.98. The van der Waals surface area contributed by atoms with Crippen LogP contribution in [0.15, 0.2) is 48.0 Å². The van der Waals surface area contributed by atoms with Gasteiger partial charge in [0.15, 0.2) is 5.96 Å². The van der Waals surface area contributed by atoms with E-state index in [1.165, 1.54) is 0 Å². The second-order valence-electron chi connectivity index (χ2n) is 7.14. The summed E-state index contributed by atoms with van der Waals surface area (Å²) in [5, 5.41) is 3.44. The van der Waals surface area contributed by atoms with Crippen LogP contribution < -0.4 is 10.1 Å². The normalized spacial score (nSPS) is 19.8. The first kappa shape index (κ1) is 22.5. The summed E-state index contributed by atoms with van der Waals surface area (Å²) in [6, 6.07) is 8.52. The van der Waals surface area contributed by atoms with Crippen molar-refractivity contribution >= 4 is 29.9 Å². The largest absolute Gasteiger partial charge is 0.491 e. The van der Waals surface area contributed by atoms with Crippen molar-refractivity contribution in [2.45, 2.75) is 33.2 Å². The molecule has 1 aromatic heterocycles. The predicted octanol–water partition coefficient (Wildman–Crippen LogP) is 3.74. The van der Waals surface area contributed by atoms with Gasteiger partial charge >= 0.3 is 0 Å². The summed E-state index contributed by atoms with van der Waals surface area (Å²) >= 11 is 0. The van der Waals surface area contributed by atoms with Gasteiger partial charge in [-0.1, -0.05) is 25.1 Å². The maximum absolute atomic E-state index is 5.88. The van der Waals surface area contributed by atoms with Gasteiger partial charge in [-0.15, -0.1) is 24.0 Å². The fourth-order valence-electron chi connectivity index (χ4n) is 3.55. The van der Waals surface area contributed by atoms with Crippen LogP contribution in [0.3, 0.4) is 0 Å². The summed E-state index contributed by atoms with van der Waals surface area (Å²) in [7, 11) is 0. The SMILES string of the molecule is CCNC(=NCCOc1ccccc1C)N1CCC(C)C(n2ccnc2)C1.I. The van der Waals surface area contributed by atoms with E-state index in [0.717, 1.165) is 43.3 Å². The van der Waals surface area contributed by atoms with Gasteiger partial charge < -0.3 is 19.5 Å². The molecule has 1 aliphatic heterocycles. The zero-order valence-corrected chi connectivity index (χ0v) is 19.4. The van der Waals surface area contributed by atoms with Gasteiger partial charge in [0.1, 0.15) is 12.4 Å². The lowest BCUT2D eigenvalue weighted by Gasteiger charge is -2.39. The highest BCUT2D eigenvalue weighted by atomic mass is 127. The molecule has 1 fully saturated rings. The topological polar surface area (TPSA) is 54.7 Å². The minimum Gasteiger partial charge on any atom is -0.491 e. The lowest BCUT2D eigenvalue weighted by Crippen LogP contribution is -2.49. The van der Waals surface area contributed by atoms with Crippen LogP contribution in [0.2, 0.25) is 0 Å². The van der Waals surface area contributed by atoms with E-state index in [0.29, 0.717) is 25.1 Å². The number of hydrogen-bond donors (Lipinski definition) is 1. The van der Waals surface area contributed by atoms with Crippen LogP contribution in [-0.2, 0) is 0 Å². The average molecular weight is 497 g/mol. The van der Waals surface area contributed by atoms with E-state index in [9.17, 15) is 0 Å². The lowest BCUT2D eigenvalue weighted by atomic mass is 9.93. The summed E-state index contributed by atoms with van der Waals surface area (Å²) in [6.45, 7) is 10.5. The van der Waals surface area contributed by atoms with Crippen LogP contribution in [0.5, 0.6) is 5.75 Å². The van der Waals surface area contributed by atoms with Crippen LogP contribution in [0, 0.1) is 12.8 Å². The number of ether oxygens (including phenoxy) is 1. The van der Waals surface area contributed by atoms with E-state index in [1.54, 1.807) is 0 Å². The van der Waals surface area contributed by atoms with Crippen molar-refractivity contribution in [2.24, 2.45) is 10.9 Å². The van der Waals surface area contributed by atoms with E-state index in [1.807, 2.05) is 30.7 Å². The number of likely N-dealkylation sites (tertiary alicyclic amines) is 1. The van der Waals surface area contributed by atoms with Gasteiger partial charge in [-0.2, -0.15) is 0 Å². The Morgan fingerprint density at radius 1 is 1.36 bits per heavy atom. The third-order valence-corrected chi connectivity index (χ3v) is 5.16. The minimum atomic E-state index is 0. The van der Waals surface area contributed by atoms with Gasteiger partial charge in [0.2, 0.25) is 0 Å². The fourth-order valence-corrected chi connectivity index (χ4v) is 3.55. The van der Waals surface area contributed by atoms with Gasteiger partial charge in [0.25, 0.3) is 0 Å². The number of nitrogens with one attached hydrogen (secondary N) is 1. The standard InChI is InChI=1S/C21H31N5O.HI/c1-4-23-21(24-11-14-27-20-8-6-5-7-18(20)3)25-12-9-17(2)19(15-25)26-13-10-22-16-26;/h5-8,10,13,16-17,19H,4,9,11-12,14-15H2,1-3H3,(H,23,24);1H. The molecular formula is C21H32IN5O. The first-order valence-electron chi connectivity index (χ1n) is 9.88. The Hall–Kier alpha value is -1.77. The number of aromatic nitrogens is 2. The molecular weight excluding hydrogens is 465 g/mol. The number of aliphatic imine (C=N–C) groups is 1. The molecule has 1 N–H and O–H groups in total. The highest BCUT2D eigenvalue weighted by Gasteiger charge is 2.28. The molecule has 3 rings (SSSR count). The average Bonchev–Trinajstić information content (AvgIpc) is 3.20. The van der Waals surface area contributed by atoms with Gasteiger partial charge in [0, 0.05) is 32.0 Å². The molecule has 2 atom stereocenters. The fraction of sp³-hybridized carbons (Fsp3) is 0.524. The second kappa shape index (κ2) is 11.3. The third kappa shape index (κ3) is 5.86. The highest BCUT2D eigenvalue weighted by Crippen LogP contribution is 2.27. The van der Waals surface area contributed by atoms with Crippen molar-refractivity contribution in [3.8, 4) is 5.75 Å². The van der Waals surface area contributed by atoms with Gasteiger partial charge in [-0.05, 0) is 37.8 Å². The van der Waals surface area contributed by atoms with Crippen LogP contribution in [-0.4, -0.2) is 53.2 Å². The molecule has 28 heavy (non-hydrogen) atoms.